The van der Waals surface area contributed by atoms with Crippen molar-refractivity contribution in [2.45, 2.75) is 25.9 Å². The average molecular weight is 201 g/mol. The molecule has 0 N–H and O–H groups in total. The molecule has 2 heteroatoms. The van der Waals surface area contributed by atoms with Gasteiger partial charge in [0.25, 0.3) is 5.91 Å². The molecule has 1 fully saturated rings. The van der Waals surface area contributed by atoms with Gasteiger partial charge in [0.15, 0.2) is 0 Å². The molecule has 2 rings (SSSR count). The van der Waals surface area contributed by atoms with Crippen LogP contribution >= 0.6 is 0 Å². The maximum Gasteiger partial charge on any atom is 0.252 e. The van der Waals surface area contributed by atoms with Gasteiger partial charge in [-0.2, -0.15) is 0 Å². The van der Waals surface area contributed by atoms with E-state index in [1.54, 1.807) is 0 Å². The van der Waals surface area contributed by atoms with Gasteiger partial charge in [0.1, 0.15) is 0 Å². The Morgan fingerprint density at radius 3 is 2.60 bits per heavy atom. The third-order valence-corrected chi connectivity index (χ3v) is 2.90. The van der Waals surface area contributed by atoms with Gasteiger partial charge in [-0.3, -0.25) is 4.79 Å². The molecule has 1 aromatic carbocycles. The van der Waals surface area contributed by atoms with E-state index in [4.69, 9.17) is 0 Å². The van der Waals surface area contributed by atoms with E-state index in [0.29, 0.717) is 6.54 Å². The molecule has 2 nitrogen and oxygen atoms in total. The van der Waals surface area contributed by atoms with E-state index in [2.05, 4.69) is 13.5 Å². The Labute approximate surface area is 90.2 Å². The highest BCUT2D eigenvalue weighted by atomic mass is 16.2. The van der Waals surface area contributed by atoms with Crippen molar-refractivity contribution in [3.8, 4) is 0 Å². The standard InChI is InChI=1S/C13H15NO/c1-3-12-10(2)13(15)14(12)9-11-7-5-4-6-8-11/h4-8,12H,2-3,9H2,1H3. The lowest BCUT2D eigenvalue weighted by Gasteiger charge is -2.42. The number of hydrogen-bond donors (Lipinski definition) is 0. The molecule has 0 radical (unpaired) electrons. The molecular formula is C13H15NO. The summed E-state index contributed by atoms with van der Waals surface area (Å²) in [5.74, 6) is 0.103. The maximum atomic E-state index is 11.6. The van der Waals surface area contributed by atoms with E-state index in [0.717, 1.165) is 12.0 Å². The van der Waals surface area contributed by atoms with Crippen molar-refractivity contribution in [1.82, 2.24) is 4.90 Å². The second-order valence-electron chi connectivity index (χ2n) is 3.87. The lowest BCUT2D eigenvalue weighted by atomic mass is 9.93. The fourth-order valence-corrected chi connectivity index (χ4v) is 2.02. The molecule has 0 saturated carbocycles. The van der Waals surface area contributed by atoms with Gasteiger partial charge in [-0.1, -0.05) is 43.8 Å². The predicted molar refractivity (Wildman–Crippen MR) is 60.2 cm³/mol. The van der Waals surface area contributed by atoms with Crippen molar-refractivity contribution >= 4 is 5.91 Å². The summed E-state index contributed by atoms with van der Waals surface area (Å²) >= 11 is 0. The Bertz CT molecular complexity index is 383. The summed E-state index contributed by atoms with van der Waals surface area (Å²) in [7, 11) is 0. The quantitative estimate of drug-likeness (QED) is 0.543. The number of β-lactam (4-membered cyclic amide) rings is 1. The lowest BCUT2D eigenvalue weighted by Crippen LogP contribution is -2.53. The average Bonchev–Trinajstić information content (AvgIpc) is 2.29. The summed E-state index contributed by atoms with van der Waals surface area (Å²) in [5.41, 5.74) is 1.94. The second kappa shape index (κ2) is 3.89. The van der Waals surface area contributed by atoms with E-state index in [1.807, 2.05) is 35.2 Å². The third kappa shape index (κ3) is 1.67. The fourth-order valence-electron chi connectivity index (χ4n) is 2.02. The van der Waals surface area contributed by atoms with Crippen LogP contribution in [0.4, 0.5) is 0 Å². The van der Waals surface area contributed by atoms with Gasteiger partial charge in [0.05, 0.1) is 6.04 Å². The van der Waals surface area contributed by atoms with Crippen LogP contribution in [0.5, 0.6) is 0 Å². The number of hydrogen-bond acceptors (Lipinski definition) is 1. The van der Waals surface area contributed by atoms with Crippen LogP contribution in [-0.4, -0.2) is 16.8 Å². The van der Waals surface area contributed by atoms with Gasteiger partial charge in [0, 0.05) is 12.1 Å². The zero-order valence-electron chi connectivity index (χ0n) is 8.94. The Balaban J connectivity index is 2.07. The molecule has 0 spiro atoms. The normalized spacial score (nSPS) is 20.3. The van der Waals surface area contributed by atoms with Crippen LogP contribution in [-0.2, 0) is 11.3 Å². The molecule has 1 saturated heterocycles. The van der Waals surface area contributed by atoms with Gasteiger partial charge in [-0.15, -0.1) is 0 Å². The van der Waals surface area contributed by atoms with Crippen molar-refractivity contribution < 1.29 is 4.79 Å². The molecule has 1 heterocycles. The number of likely N-dealkylation sites (tertiary alicyclic amines) is 1. The van der Waals surface area contributed by atoms with E-state index in [9.17, 15) is 4.79 Å². The molecule has 0 bridgehead atoms. The minimum Gasteiger partial charge on any atom is -0.327 e. The van der Waals surface area contributed by atoms with E-state index < -0.39 is 0 Å². The Morgan fingerprint density at radius 1 is 1.33 bits per heavy atom. The summed E-state index contributed by atoms with van der Waals surface area (Å²) in [6, 6.07) is 10.3. The number of nitrogens with zero attached hydrogens (tertiary/aromatic N) is 1. The lowest BCUT2D eigenvalue weighted by molar-refractivity contribution is -0.137. The van der Waals surface area contributed by atoms with Gasteiger partial charge in [0.2, 0.25) is 0 Å². The first-order valence-corrected chi connectivity index (χ1v) is 5.27. The van der Waals surface area contributed by atoms with Crippen molar-refractivity contribution in [2.24, 2.45) is 0 Å². The first-order valence-electron chi connectivity index (χ1n) is 5.27. The van der Waals surface area contributed by atoms with E-state index >= 15 is 0 Å². The van der Waals surface area contributed by atoms with Crippen molar-refractivity contribution in [1.29, 1.82) is 0 Å². The largest absolute Gasteiger partial charge is 0.327 e. The first-order chi connectivity index (χ1) is 7.24. The van der Waals surface area contributed by atoms with E-state index in [-0.39, 0.29) is 11.9 Å². The molecule has 1 unspecified atom stereocenters. The highest BCUT2D eigenvalue weighted by Gasteiger charge is 2.38. The van der Waals surface area contributed by atoms with Crippen molar-refractivity contribution in [3.05, 3.63) is 48.0 Å². The molecule has 1 amide bonds. The van der Waals surface area contributed by atoms with Crippen LogP contribution in [0.3, 0.4) is 0 Å². The maximum absolute atomic E-state index is 11.6. The topological polar surface area (TPSA) is 20.3 Å². The van der Waals surface area contributed by atoms with Crippen molar-refractivity contribution in [3.63, 3.8) is 0 Å². The number of amides is 1. The van der Waals surface area contributed by atoms with Gasteiger partial charge in [-0.25, -0.2) is 0 Å². The molecular weight excluding hydrogens is 186 g/mol. The van der Waals surface area contributed by atoms with Gasteiger partial charge < -0.3 is 4.90 Å². The predicted octanol–water partition coefficient (Wildman–Crippen LogP) is 2.36. The van der Waals surface area contributed by atoms with Crippen LogP contribution in [0.15, 0.2) is 42.5 Å². The highest BCUT2D eigenvalue weighted by molar-refractivity contribution is 6.01. The minimum absolute atomic E-state index is 0.103. The SMILES string of the molecule is C=C1C(=O)N(Cc2ccccc2)C1CC. The second-order valence-corrected chi connectivity index (χ2v) is 3.87. The van der Waals surface area contributed by atoms with E-state index in [1.165, 1.54) is 5.56 Å². The minimum atomic E-state index is 0.103. The van der Waals surface area contributed by atoms with Crippen LogP contribution < -0.4 is 0 Å². The number of carbonyl (C=O) groups is 1. The van der Waals surface area contributed by atoms with Crippen LogP contribution in [0.2, 0.25) is 0 Å². The van der Waals surface area contributed by atoms with Crippen LogP contribution in [0.1, 0.15) is 18.9 Å². The molecule has 0 aliphatic carbocycles. The fraction of sp³-hybridized carbons (Fsp3) is 0.308. The van der Waals surface area contributed by atoms with Gasteiger partial charge >= 0.3 is 0 Å². The Kier molecular flexibility index (Phi) is 2.58. The van der Waals surface area contributed by atoms with Gasteiger partial charge in [-0.05, 0) is 12.0 Å². The molecule has 1 atom stereocenters. The molecule has 78 valence electrons. The Hall–Kier alpha value is -1.57. The molecule has 15 heavy (non-hydrogen) atoms. The summed E-state index contributed by atoms with van der Waals surface area (Å²) < 4.78 is 0. The zero-order valence-corrected chi connectivity index (χ0v) is 8.94. The Morgan fingerprint density at radius 2 is 2.00 bits per heavy atom. The molecule has 0 aromatic heterocycles. The molecule has 1 aliphatic heterocycles. The smallest absolute Gasteiger partial charge is 0.252 e. The van der Waals surface area contributed by atoms with Crippen LogP contribution in [0.25, 0.3) is 0 Å². The molecule has 1 aliphatic rings. The monoisotopic (exact) mass is 201 g/mol. The van der Waals surface area contributed by atoms with Crippen LogP contribution in [0, 0.1) is 0 Å². The number of benzene rings is 1. The summed E-state index contributed by atoms with van der Waals surface area (Å²) in [6.45, 7) is 6.58. The van der Waals surface area contributed by atoms with Crippen molar-refractivity contribution in [2.75, 3.05) is 0 Å². The summed E-state index contributed by atoms with van der Waals surface area (Å²) in [4.78, 5) is 13.4. The first kappa shape index (κ1) is 9.97. The highest BCUT2D eigenvalue weighted by Crippen LogP contribution is 2.28. The molecule has 1 aromatic rings. The summed E-state index contributed by atoms with van der Waals surface area (Å²) in [5, 5.41) is 0. The third-order valence-electron chi connectivity index (χ3n) is 2.90. The summed E-state index contributed by atoms with van der Waals surface area (Å²) in [6.07, 6.45) is 0.956. The zero-order chi connectivity index (χ0) is 10.8. The number of rotatable bonds is 3. The number of carbonyl (C=O) groups excluding carboxylic acids is 1.